The van der Waals surface area contributed by atoms with Crippen LogP contribution in [0.3, 0.4) is 0 Å². The topological polar surface area (TPSA) is 65.0 Å². The van der Waals surface area contributed by atoms with Gasteiger partial charge in [-0.3, -0.25) is 4.79 Å². The Bertz CT molecular complexity index is 205. The van der Waals surface area contributed by atoms with Crippen molar-refractivity contribution in [3.63, 3.8) is 0 Å². The van der Waals surface area contributed by atoms with Crippen LogP contribution in [-0.4, -0.2) is 49.2 Å². The zero-order valence-corrected chi connectivity index (χ0v) is 11.1. The first-order valence-electron chi connectivity index (χ1n) is 6.02. The van der Waals surface area contributed by atoms with Gasteiger partial charge >= 0.3 is 5.97 Å². The maximum absolute atomic E-state index is 10.9. The molecule has 102 valence electrons. The van der Waals surface area contributed by atoms with E-state index in [1.807, 2.05) is 13.8 Å². The summed E-state index contributed by atoms with van der Waals surface area (Å²) in [5, 5.41) is 9.03. The van der Waals surface area contributed by atoms with Crippen molar-refractivity contribution in [1.29, 1.82) is 0 Å². The van der Waals surface area contributed by atoms with Gasteiger partial charge in [0.15, 0.2) is 0 Å². The molecular formula is C12H24O5. The lowest BCUT2D eigenvalue weighted by Gasteiger charge is -2.18. The second kappa shape index (κ2) is 9.39. The van der Waals surface area contributed by atoms with Crippen molar-refractivity contribution >= 4 is 5.97 Å². The van der Waals surface area contributed by atoms with E-state index in [2.05, 4.69) is 0 Å². The van der Waals surface area contributed by atoms with E-state index in [0.717, 1.165) is 0 Å². The van der Waals surface area contributed by atoms with E-state index in [0.29, 0.717) is 19.6 Å². The summed E-state index contributed by atoms with van der Waals surface area (Å²) in [5.41, 5.74) is 0. The molecule has 0 rings (SSSR count). The molecule has 3 atom stereocenters. The molecule has 0 aromatic rings. The molecular weight excluding hydrogens is 224 g/mol. The summed E-state index contributed by atoms with van der Waals surface area (Å²) in [5.74, 6) is -0.223. The summed E-state index contributed by atoms with van der Waals surface area (Å²) < 4.78 is 15.7. The second-order valence-corrected chi connectivity index (χ2v) is 4.17. The molecule has 0 radical (unpaired) electrons. The molecule has 0 aromatic heterocycles. The Kier molecular flexibility index (Phi) is 9.03. The van der Waals surface area contributed by atoms with Crippen LogP contribution in [0.25, 0.3) is 0 Å². The molecule has 5 nitrogen and oxygen atoms in total. The predicted octanol–water partition coefficient (Wildman–Crippen LogP) is 1.13. The monoisotopic (exact) mass is 248 g/mol. The van der Waals surface area contributed by atoms with Crippen molar-refractivity contribution in [3.05, 3.63) is 0 Å². The van der Waals surface area contributed by atoms with Crippen LogP contribution < -0.4 is 0 Å². The summed E-state index contributed by atoms with van der Waals surface area (Å²) >= 11 is 0. The number of aliphatic hydroxyl groups excluding tert-OH is 1. The normalized spacial score (nSPS) is 16.3. The molecule has 5 heteroatoms. The van der Waals surface area contributed by atoms with Crippen molar-refractivity contribution in [2.45, 2.75) is 52.4 Å². The second-order valence-electron chi connectivity index (χ2n) is 4.17. The van der Waals surface area contributed by atoms with Gasteiger partial charge in [0.25, 0.3) is 0 Å². The fourth-order valence-electron chi connectivity index (χ4n) is 1.01. The standard InChI is InChI=1S/C12H24O5/c1-5-12(14)17-8-11(4)16-7-10(3)15-6-9(2)13/h9-11,13H,5-8H2,1-4H3. The quantitative estimate of drug-likeness (QED) is 0.620. The number of rotatable bonds is 9. The Hall–Kier alpha value is -0.650. The van der Waals surface area contributed by atoms with Crippen molar-refractivity contribution in [2.75, 3.05) is 19.8 Å². The third-order valence-corrected chi connectivity index (χ3v) is 2.01. The lowest BCUT2D eigenvalue weighted by molar-refractivity contribution is -0.148. The number of aliphatic hydroxyl groups is 1. The number of hydrogen-bond acceptors (Lipinski definition) is 5. The van der Waals surface area contributed by atoms with Crippen LogP contribution in [0.15, 0.2) is 0 Å². The molecule has 0 amide bonds. The molecule has 0 aliphatic heterocycles. The average Bonchev–Trinajstić information content (AvgIpc) is 2.30. The first-order valence-corrected chi connectivity index (χ1v) is 6.02. The number of hydrogen-bond donors (Lipinski definition) is 1. The van der Waals surface area contributed by atoms with Crippen molar-refractivity contribution in [1.82, 2.24) is 0 Å². The summed E-state index contributed by atoms with van der Waals surface area (Å²) in [4.78, 5) is 10.9. The highest BCUT2D eigenvalue weighted by Crippen LogP contribution is 1.99. The first-order chi connectivity index (χ1) is 7.95. The predicted molar refractivity (Wildman–Crippen MR) is 63.8 cm³/mol. The highest BCUT2D eigenvalue weighted by molar-refractivity contribution is 5.68. The minimum atomic E-state index is -0.472. The summed E-state index contributed by atoms with van der Waals surface area (Å²) in [6.45, 7) is 8.09. The maximum Gasteiger partial charge on any atom is 0.305 e. The SMILES string of the molecule is CCC(=O)OCC(C)OCC(C)OCC(C)O. The molecule has 17 heavy (non-hydrogen) atoms. The fourth-order valence-corrected chi connectivity index (χ4v) is 1.01. The highest BCUT2D eigenvalue weighted by Gasteiger charge is 2.09. The Morgan fingerprint density at radius 2 is 1.59 bits per heavy atom. The van der Waals surface area contributed by atoms with E-state index in [4.69, 9.17) is 19.3 Å². The molecule has 1 N–H and O–H groups in total. The van der Waals surface area contributed by atoms with Crippen LogP contribution in [0.5, 0.6) is 0 Å². The van der Waals surface area contributed by atoms with Crippen LogP contribution in [0.2, 0.25) is 0 Å². The maximum atomic E-state index is 10.9. The molecule has 0 spiro atoms. The molecule has 0 heterocycles. The van der Waals surface area contributed by atoms with Gasteiger partial charge < -0.3 is 19.3 Å². The highest BCUT2D eigenvalue weighted by atomic mass is 16.6. The molecule has 0 aliphatic rings. The van der Waals surface area contributed by atoms with E-state index in [9.17, 15) is 4.79 Å². The molecule has 3 unspecified atom stereocenters. The molecule has 0 saturated carbocycles. The summed E-state index contributed by atoms with van der Waals surface area (Å²) in [6.07, 6.45) is -0.335. The van der Waals surface area contributed by atoms with Crippen LogP contribution in [0.1, 0.15) is 34.1 Å². The van der Waals surface area contributed by atoms with Crippen LogP contribution in [-0.2, 0) is 19.0 Å². The number of carbonyl (C=O) groups is 1. The van der Waals surface area contributed by atoms with Gasteiger partial charge in [-0.15, -0.1) is 0 Å². The summed E-state index contributed by atoms with van der Waals surface area (Å²) in [6, 6.07) is 0. The van der Waals surface area contributed by atoms with E-state index < -0.39 is 6.10 Å². The van der Waals surface area contributed by atoms with Crippen molar-refractivity contribution in [2.24, 2.45) is 0 Å². The zero-order chi connectivity index (χ0) is 13.3. The largest absolute Gasteiger partial charge is 0.463 e. The molecule has 0 fully saturated rings. The van der Waals surface area contributed by atoms with Crippen LogP contribution >= 0.6 is 0 Å². The van der Waals surface area contributed by atoms with Crippen molar-refractivity contribution in [3.8, 4) is 0 Å². The average molecular weight is 248 g/mol. The van der Waals surface area contributed by atoms with Crippen molar-refractivity contribution < 1.29 is 24.1 Å². The van der Waals surface area contributed by atoms with Gasteiger partial charge in [-0.05, 0) is 20.8 Å². The summed E-state index contributed by atoms with van der Waals surface area (Å²) in [7, 11) is 0. The Labute approximate surface area is 103 Å². The van der Waals surface area contributed by atoms with Gasteiger partial charge in [0, 0.05) is 6.42 Å². The van der Waals surface area contributed by atoms with Gasteiger partial charge in [0.2, 0.25) is 0 Å². The van der Waals surface area contributed by atoms with E-state index in [-0.39, 0.29) is 24.8 Å². The lowest BCUT2D eigenvalue weighted by atomic mass is 10.4. The number of esters is 1. The molecule has 0 aromatic carbocycles. The molecule has 0 aliphatic carbocycles. The third-order valence-electron chi connectivity index (χ3n) is 2.01. The Morgan fingerprint density at radius 1 is 1.06 bits per heavy atom. The molecule has 0 saturated heterocycles. The van der Waals surface area contributed by atoms with Gasteiger partial charge in [-0.2, -0.15) is 0 Å². The Morgan fingerprint density at radius 3 is 2.12 bits per heavy atom. The van der Waals surface area contributed by atoms with Crippen LogP contribution in [0.4, 0.5) is 0 Å². The zero-order valence-electron chi connectivity index (χ0n) is 11.1. The van der Waals surface area contributed by atoms with E-state index in [1.165, 1.54) is 0 Å². The van der Waals surface area contributed by atoms with Gasteiger partial charge in [-0.1, -0.05) is 6.92 Å². The number of ether oxygens (including phenoxy) is 3. The lowest BCUT2D eigenvalue weighted by Crippen LogP contribution is -2.26. The molecule has 0 bridgehead atoms. The van der Waals surface area contributed by atoms with E-state index in [1.54, 1.807) is 13.8 Å². The minimum Gasteiger partial charge on any atom is -0.463 e. The van der Waals surface area contributed by atoms with Gasteiger partial charge in [0.1, 0.15) is 6.61 Å². The number of carbonyl (C=O) groups excluding carboxylic acids is 1. The van der Waals surface area contributed by atoms with E-state index >= 15 is 0 Å². The fraction of sp³-hybridized carbons (Fsp3) is 0.917. The third kappa shape index (κ3) is 10.2. The Balaban J connectivity index is 3.54. The first kappa shape index (κ1) is 16.4. The van der Waals surface area contributed by atoms with Gasteiger partial charge in [-0.25, -0.2) is 0 Å². The smallest absolute Gasteiger partial charge is 0.305 e. The van der Waals surface area contributed by atoms with Gasteiger partial charge in [0.05, 0.1) is 31.5 Å². The van der Waals surface area contributed by atoms with Crippen LogP contribution in [0, 0.1) is 0 Å². The minimum absolute atomic E-state index is 0.0890.